The number of benzene rings is 1. The summed E-state index contributed by atoms with van der Waals surface area (Å²) >= 11 is 0. The summed E-state index contributed by atoms with van der Waals surface area (Å²) in [5, 5.41) is 9.08. The summed E-state index contributed by atoms with van der Waals surface area (Å²) in [7, 11) is 0. The molecule has 0 saturated carbocycles. The Kier molecular flexibility index (Phi) is 3.00. The minimum Gasteiger partial charge on any atom is -0.394 e. The Morgan fingerprint density at radius 2 is 2.07 bits per heavy atom. The van der Waals surface area contributed by atoms with Gasteiger partial charge in [-0.25, -0.2) is 4.39 Å². The third kappa shape index (κ3) is 2.02. The highest BCUT2D eigenvalue weighted by atomic mass is 19.1. The van der Waals surface area contributed by atoms with Crippen molar-refractivity contribution in [2.75, 3.05) is 6.61 Å². The summed E-state index contributed by atoms with van der Waals surface area (Å²) in [5.74, 6) is -0.335. The molecule has 0 amide bonds. The molecule has 3 atom stereocenters. The Morgan fingerprint density at radius 3 is 2.73 bits per heavy atom. The summed E-state index contributed by atoms with van der Waals surface area (Å²) in [4.78, 5) is 0. The van der Waals surface area contributed by atoms with Gasteiger partial charge in [-0.15, -0.1) is 0 Å². The third-order valence-electron chi connectivity index (χ3n) is 2.43. The van der Waals surface area contributed by atoms with Gasteiger partial charge in [0.15, 0.2) is 6.29 Å². The number of halogens is 1. The normalized spacial score (nSPS) is 30.7. The van der Waals surface area contributed by atoms with Gasteiger partial charge in [0.25, 0.3) is 0 Å². The molecular formula is C11H13FO3. The van der Waals surface area contributed by atoms with Crippen molar-refractivity contribution in [2.45, 2.75) is 25.4 Å². The molecule has 1 aliphatic rings. The highest BCUT2D eigenvalue weighted by Crippen LogP contribution is 2.33. The van der Waals surface area contributed by atoms with Crippen molar-refractivity contribution in [1.29, 1.82) is 0 Å². The van der Waals surface area contributed by atoms with Gasteiger partial charge in [0, 0.05) is 5.56 Å². The molecule has 4 heteroatoms. The molecule has 1 aromatic carbocycles. The van der Waals surface area contributed by atoms with Crippen LogP contribution < -0.4 is 0 Å². The molecule has 1 saturated heterocycles. The first-order chi connectivity index (χ1) is 7.22. The second kappa shape index (κ2) is 4.26. The maximum atomic E-state index is 13.5. The first-order valence-electron chi connectivity index (χ1n) is 4.88. The van der Waals surface area contributed by atoms with Crippen LogP contribution >= 0.6 is 0 Å². The van der Waals surface area contributed by atoms with Crippen LogP contribution in [0.3, 0.4) is 0 Å². The van der Waals surface area contributed by atoms with E-state index in [1.807, 2.05) is 0 Å². The van der Waals surface area contributed by atoms with Crippen molar-refractivity contribution in [1.82, 2.24) is 0 Å². The van der Waals surface area contributed by atoms with Crippen molar-refractivity contribution in [3.05, 3.63) is 35.6 Å². The monoisotopic (exact) mass is 212 g/mol. The average Bonchev–Trinajstić information content (AvgIpc) is 2.60. The lowest BCUT2D eigenvalue weighted by Gasteiger charge is -2.15. The van der Waals surface area contributed by atoms with Crippen LogP contribution in [0.4, 0.5) is 4.39 Å². The lowest BCUT2D eigenvalue weighted by atomic mass is 10.0. The summed E-state index contributed by atoms with van der Waals surface area (Å²) in [6, 6.07) is 6.37. The molecule has 0 bridgehead atoms. The van der Waals surface area contributed by atoms with Crippen LogP contribution in [0.1, 0.15) is 18.6 Å². The van der Waals surface area contributed by atoms with Crippen molar-refractivity contribution in [2.24, 2.45) is 0 Å². The Bertz CT molecular complexity index is 342. The fourth-order valence-corrected chi connectivity index (χ4v) is 1.76. The van der Waals surface area contributed by atoms with Gasteiger partial charge >= 0.3 is 0 Å². The van der Waals surface area contributed by atoms with Crippen LogP contribution in [0.2, 0.25) is 0 Å². The van der Waals surface area contributed by atoms with Gasteiger partial charge in [0.1, 0.15) is 18.0 Å². The van der Waals surface area contributed by atoms with Crippen molar-refractivity contribution < 1.29 is 19.0 Å². The van der Waals surface area contributed by atoms with Crippen molar-refractivity contribution in [3.8, 4) is 0 Å². The number of rotatable bonds is 2. The number of hydrogen-bond acceptors (Lipinski definition) is 3. The SMILES string of the molecule is C[C@@H]1O[C@H](c2ccccc2F)[C@@H](CO)O1. The van der Waals surface area contributed by atoms with E-state index < -0.39 is 18.5 Å². The quantitative estimate of drug-likeness (QED) is 0.809. The van der Waals surface area contributed by atoms with Gasteiger partial charge in [-0.1, -0.05) is 18.2 Å². The molecule has 3 nitrogen and oxygen atoms in total. The Morgan fingerprint density at radius 1 is 1.33 bits per heavy atom. The lowest BCUT2D eigenvalue weighted by molar-refractivity contribution is -0.0565. The van der Waals surface area contributed by atoms with E-state index in [0.29, 0.717) is 5.56 Å². The molecule has 0 aliphatic carbocycles. The number of aliphatic hydroxyl groups is 1. The van der Waals surface area contributed by atoms with Crippen LogP contribution in [0.5, 0.6) is 0 Å². The van der Waals surface area contributed by atoms with E-state index in [-0.39, 0.29) is 12.4 Å². The van der Waals surface area contributed by atoms with E-state index in [0.717, 1.165) is 0 Å². The van der Waals surface area contributed by atoms with Gasteiger partial charge in [0.2, 0.25) is 0 Å². The van der Waals surface area contributed by atoms with Crippen LogP contribution in [0.25, 0.3) is 0 Å². The first kappa shape index (κ1) is 10.5. The zero-order valence-electron chi connectivity index (χ0n) is 8.39. The van der Waals surface area contributed by atoms with Crippen LogP contribution in [-0.2, 0) is 9.47 Å². The summed E-state index contributed by atoms with van der Waals surface area (Å²) < 4.78 is 24.2. The standard InChI is InChI=1S/C11H13FO3/c1-7-14-10(6-13)11(15-7)8-4-2-3-5-9(8)12/h2-5,7,10-11,13H,6H2,1H3/t7-,10+,11+/m0/s1. The molecular weight excluding hydrogens is 199 g/mol. The fraction of sp³-hybridized carbons (Fsp3) is 0.455. The van der Waals surface area contributed by atoms with E-state index >= 15 is 0 Å². The molecule has 0 unspecified atom stereocenters. The third-order valence-corrected chi connectivity index (χ3v) is 2.43. The smallest absolute Gasteiger partial charge is 0.156 e. The number of hydrogen-bond donors (Lipinski definition) is 1. The highest BCUT2D eigenvalue weighted by molar-refractivity contribution is 5.21. The molecule has 1 aromatic rings. The molecule has 0 spiro atoms. The molecule has 1 heterocycles. The van der Waals surface area contributed by atoms with Gasteiger partial charge in [0.05, 0.1) is 6.61 Å². The highest BCUT2D eigenvalue weighted by Gasteiger charge is 2.35. The summed E-state index contributed by atoms with van der Waals surface area (Å²) in [5.41, 5.74) is 0.431. The van der Waals surface area contributed by atoms with Crippen LogP contribution in [-0.4, -0.2) is 24.1 Å². The Hall–Kier alpha value is -0.970. The van der Waals surface area contributed by atoms with Crippen LogP contribution in [0.15, 0.2) is 24.3 Å². The molecule has 2 rings (SSSR count). The van der Waals surface area contributed by atoms with Crippen molar-refractivity contribution in [3.63, 3.8) is 0 Å². The fourth-order valence-electron chi connectivity index (χ4n) is 1.76. The minimum atomic E-state index is -0.522. The molecule has 82 valence electrons. The number of ether oxygens (including phenoxy) is 2. The van der Waals surface area contributed by atoms with E-state index in [1.165, 1.54) is 6.07 Å². The first-order valence-corrected chi connectivity index (χ1v) is 4.88. The molecule has 0 radical (unpaired) electrons. The van der Waals surface area contributed by atoms with Crippen LogP contribution in [0, 0.1) is 5.82 Å². The molecule has 1 N–H and O–H groups in total. The lowest BCUT2D eigenvalue weighted by Crippen LogP contribution is -2.20. The zero-order chi connectivity index (χ0) is 10.8. The average molecular weight is 212 g/mol. The number of aliphatic hydroxyl groups excluding tert-OH is 1. The predicted molar refractivity (Wildman–Crippen MR) is 51.6 cm³/mol. The molecule has 1 aliphatic heterocycles. The second-order valence-electron chi connectivity index (χ2n) is 3.50. The molecule has 15 heavy (non-hydrogen) atoms. The van der Waals surface area contributed by atoms with E-state index in [9.17, 15) is 4.39 Å². The van der Waals surface area contributed by atoms with E-state index in [4.69, 9.17) is 14.6 Å². The largest absolute Gasteiger partial charge is 0.394 e. The zero-order valence-corrected chi connectivity index (χ0v) is 8.39. The predicted octanol–water partition coefficient (Wildman–Crippen LogP) is 1.62. The second-order valence-corrected chi connectivity index (χ2v) is 3.50. The van der Waals surface area contributed by atoms with E-state index in [1.54, 1.807) is 25.1 Å². The van der Waals surface area contributed by atoms with Crippen molar-refractivity contribution >= 4 is 0 Å². The molecule has 1 fully saturated rings. The maximum Gasteiger partial charge on any atom is 0.156 e. The Labute approximate surface area is 87.4 Å². The summed E-state index contributed by atoms with van der Waals surface area (Å²) in [6.07, 6.45) is -1.42. The topological polar surface area (TPSA) is 38.7 Å². The van der Waals surface area contributed by atoms with Gasteiger partial charge in [-0.2, -0.15) is 0 Å². The van der Waals surface area contributed by atoms with Gasteiger partial charge < -0.3 is 14.6 Å². The minimum absolute atomic E-state index is 0.177. The Balaban J connectivity index is 2.26. The van der Waals surface area contributed by atoms with E-state index in [2.05, 4.69) is 0 Å². The maximum absolute atomic E-state index is 13.5. The summed E-state index contributed by atoms with van der Waals surface area (Å²) in [6.45, 7) is 1.55. The van der Waals surface area contributed by atoms with Gasteiger partial charge in [-0.3, -0.25) is 0 Å². The molecule has 0 aromatic heterocycles. The van der Waals surface area contributed by atoms with Gasteiger partial charge in [-0.05, 0) is 13.0 Å².